The van der Waals surface area contributed by atoms with Crippen LogP contribution >= 0.6 is 0 Å². The molecule has 0 atom stereocenters. The fourth-order valence-corrected chi connectivity index (χ4v) is 3.04. The number of alkyl halides is 1. The normalized spacial score (nSPS) is 14.9. The van der Waals surface area contributed by atoms with Crippen molar-refractivity contribution in [1.29, 1.82) is 0 Å². The van der Waals surface area contributed by atoms with E-state index in [1.807, 2.05) is 13.0 Å². The number of aryl methyl sites for hydroxylation is 1. The Morgan fingerprint density at radius 1 is 1.18 bits per heavy atom. The molecule has 2 N–H and O–H groups in total. The topological polar surface area (TPSA) is 87.3 Å². The molecule has 0 radical (unpaired) electrons. The summed E-state index contributed by atoms with van der Waals surface area (Å²) in [5.41, 5.74) is 7.03. The van der Waals surface area contributed by atoms with Crippen LogP contribution in [0.5, 0.6) is 11.5 Å². The van der Waals surface area contributed by atoms with Crippen LogP contribution in [-0.4, -0.2) is 29.1 Å². The molecule has 0 saturated carbocycles. The second-order valence-corrected chi connectivity index (χ2v) is 6.74. The maximum absolute atomic E-state index is 14.5. The van der Waals surface area contributed by atoms with Crippen molar-refractivity contribution >= 4 is 5.91 Å². The predicted octanol–water partition coefficient (Wildman–Crippen LogP) is 3.54. The van der Waals surface area contributed by atoms with Crippen molar-refractivity contribution in [3.05, 3.63) is 71.7 Å². The zero-order chi connectivity index (χ0) is 19.7. The van der Waals surface area contributed by atoms with Crippen LogP contribution in [0, 0.1) is 6.92 Å². The molecule has 1 saturated heterocycles. The van der Waals surface area contributed by atoms with Gasteiger partial charge in [0.05, 0.1) is 25.1 Å². The van der Waals surface area contributed by atoms with Gasteiger partial charge in [-0.05, 0) is 36.8 Å². The van der Waals surface area contributed by atoms with Crippen LogP contribution in [0.25, 0.3) is 11.3 Å². The van der Waals surface area contributed by atoms with Crippen molar-refractivity contribution in [2.24, 2.45) is 5.73 Å². The van der Waals surface area contributed by atoms with Crippen LogP contribution in [0.3, 0.4) is 0 Å². The number of ether oxygens (including phenoxy) is 2. The van der Waals surface area contributed by atoms with Gasteiger partial charge in [0.25, 0.3) is 0 Å². The van der Waals surface area contributed by atoms with Gasteiger partial charge >= 0.3 is 0 Å². The molecular weight excluding hydrogens is 361 g/mol. The third-order valence-electron chi connectivity index (χ3n) is 4.65. The van der Waals surface area contributed by atoms with Crippen molar-refractivity contribution in [3.63, 3.8) is 0 Å². The summed E-state index contributed by atoms with van der Waals surface area (Å²) in [7, 11) is 0. The molecule has 28 heavy (non-hydrogen) atoms. The average Bonchev–Trinajstić information content (AvgIpc) is 2.66. The number of halogens is 1. The van der Waals surface area contributed by atoms with Gasteiger partial charge in [0.1, 0.15) is 11.5 Å². The minimum Gasteiger partial charge on any atom is -0.456 e. The third kappa shape index (κ3) is 3.44. The molecular formula is C21H18FN3O3. The second kappa shape index (κ2) is 7.01. The highest BCUT2D eigenvalue weighted by Gasteiger charge is 2.41. The van der Waals surface area contributed by atoms with Crippen LogP contribution in [0.4, 0.5) is 4.39 Å². The molecule has 7 heteroatoms. The Morgan fingerprint density at radius 3 is 2.68 bits per heavy atom. The first kappa shape index (κ1) is 18.1. The van der Waals surface area contributed by atoms with Gasteiger partial charge in [-0.2, -0.15) is 0 Å². The number of benzene rings is 1. The summed E-state index contributed by atoms with van der Waals surface area (Å²) in [6, 6.07) is 10.4. The first-order valence-electron chi connectivity index (χ1n) is 8.71. The van der Waals surface area contributed by atoms with Crippen LogP contribution in [0.15, 0.2) is 55.0 Å². The van der Waals surface area contributed by atoms with Crippen molar-refractivity contribution in [2.45, 2.75) is 12.6 Å². The molecule has 4 rings (SSSR count). The van der Waals surface area contributed by atoms with Gasteiger partial charge in [0.15, 0.2) is 5.67 Å². The van der Waals surface area contributed by atoms with Crippen molar-refractivity contribution < 1.29 is 18.7 Å². The van der Waals surface area contributed by atoms with Gasteiger partial charge < -0.3 is 15.2 Å². The second-order valence-electron chi connectivity index (χ2n) is 6.74. The van der Waals surface area contributed by atoms with Crippen LogP contribution in [0.1, 0.15) is 21.5 Å². The molecule has 2 aromatic heterocycles. The number of nitrogens with zero attached hydrogens (tertiary/aromatic N) is 2. The summed E-state index contributed by atoms with van der Waals surface area (Å²) in [6.07, 6.45) is 4.63. The lowest BCUT2D eigenvalue weighted by molar-refractivity contribution is -0.135. The summed E-state index contributed by atoms with van der Waals surface area (Å²) < 4.78 is 25.3. The summed E-state index contributed by atoms with van der Waals surface area (Å²) in [5.74, 6) is 0.501. The minimum atomic E-state index is -1.50. The first-order valence-corrected chi connectivity index (χ1v) is 8.71. The molecule has 6 nitrogen and oxygen atoms in total. The molecule has 0 bridgehead atoms. The molecule has 1 fully saturated rings. The Bertz CT molecular complexity index is 1050. The molecule has 0 spiro atoms. The van der Waals surface area contributed by atoms with E-state index in [0.29, 0.717) is 28.3 Å². The van der Waals surface area contributed by atoms with E-state index in [1.54, 1.807) is 36.5 Å². The van der Waals surface area contributed by atoms with Crippen molar-refractivity contribution in [3.8, 4) is 22.8 Å². The van der Waals surface area contributed by atoms with E-state index in [-0.39, 0.29) is 13.2 Å². The maximum Gasteiger partial charge on any atom is 0.248 e. The highest BCUT2D eigenvalue weighted by Crippen LogP contribution is 2.35. The minimum absolute atomic E-state index is 0.0260. The van der Waals surface area contributed by atoms with Crippen LogP contribution in [-0.2, 0) is 10.4 Å². The lowest BCUT2D eigenvalue weighted by atomic mass is 9.96. The molecule has 0 aliphatic carbocycles. The molecule has 0 unspecified atom stereocenters. The lowest BCUT2D eigenvalue weighted by Crippen LogP contribution is -2.42. The molecule has 3 heterocycles. The maximum atomic E-state index is 14.5. The number of amides is 1. The monoisotopic (exact) mass is 379 g/mol. The standard InChI is InChI=1S/C21H18FN3O3/c1-13-6-14(2-3-18(13)20(23)26)19-8-16(4-5-25-19)28-17-7-15(9-24-10-17)21(22)11-27-12-21/h2-10H,11-12H2,1H3,(H2,23,26). The highest BCUT2D eigenvalue weighted by atomic mass is 19.1. The Hall–Kier alpha value is -3.32. The van der Waals surface area contributed by atoms with Gasteiger partial charge in [-0.15, -0.1) is 0 Å². The fourth-order valence-electron chi connectivity index (χ4n) is 3.04. The summed E-state index contributed by atoms with van der Waals surface area (Å²) in [5, 5.41) is 0. The molecule has 1 aromatic carbocycles. The molecule has 3 aromatic rings. The fraction of sp³-hybridized carbons (Fsp3) is 0.190. The number of aromatic nitrogens is 2. The largest absolute Gasteiger partial charge is 0.456 e. The molecule has 1 aliphatic rings. The van der Waals surface area contributed by atoms with E-state index < -0.39 is 11.6 Å². The number of carbonyl (C=O) groups excluding carboxylic acids is 1. The first-order chi connectivity index (χ1) is 13.4. The Labute approximate surface area is 161 Å². The van der Waals surface area contributed by atoms with E-state index in [2.05, 4.69) is 9.97 Å². The van der Waals surface area contributed by atoms with E-state index >= 15 is 0 Å². The number of rotatable bonds is 5. The summed E-state index contributed by atoms with van der Waals surface area (Å²) in [6.45, 7) is 1.87. The quantitative estimate of drug-likeness (QED) is 0.733. The zero-order valence-electron chi connectivity index (χ0n) is 15.2. The number of pyridine rings is 2. The zero-order valence-corrected chi connectivity index (χ0v) is 15.2. The van der Waals surface area contributed by atoms with Crippen molar-refractivity contribution in [2.75, 3.05) is 13.2 Å². The van der Waals surface area contributed by atoms with Crippen molar-refractivity contribution in [1.82, 2.24) is 9.97 Å². The molecule has 1 amide bonds. The number of carbonyl (C=O) groups is 1. The molecule has 142 valence electrons. The summed E-state index contributed by atoms with van der Waals surface area (Å²) >= 11 is 0. The van der Waals surface area contributed by atoms with Crippen LogP contribution < -0.4 is 10.5 Å². The third-order valence-corrected chi connectivity index (χ3v) is 4.65. The van der Waals surface area contributed by atoms with E-state index in [1.165, 1.54) is 12.4 Å². The Morgan fingerprint density at radius 2 is 2.00 bits per heavy atom. The van der Waals surface area contributed by atoms with Gasteiger partial charge in [0.2, 0.25) is 5.91 Å². The summed E-state index contributed by atoms with van der Waals surface area (Å²) in [4.78, 5) is 19.8. The SMILES string of the molecule is Cc1cc(-c2cc(Oc3cncc(C4(F)COC4)c3)ccn2)ccc1C(N)=O. The van der Waals surface area contributed by atoms with Crippen LogP contribution in [0.2, 0.25) is 0 Å². The van der Waals surface area contributed by atoms with E-state index in [4.69, 9.17) is 15.2 Å². The smallest absolute Gasteiger partial charge is 0.248 e. The number of primary amides is 1. The average molecular weight is 379 g/mol. The van der Waals surface area contributed by atoms with Gasteiger partial charge in [-0.25, -0.2) is 4.39 Å². The van der Waals surface area contributed by atoms with Gasteiger partial charge in [0, 0.05) is 35.2 Å². The van der Waals surface area contributed by atoms with Gasteiger partial charge in [-0.1, -0.05) is 6.07 Å². The molecule has 1 aliphatic heterocycles. The van der Waals surface area contributed by atoms with Gasteiger partial charge in [-0.3, -0.25) is 14.8 Å². The Balaban J connectivity index is 1.59. The van der Waals surface area contributed by atoms with E-state index in [9.17, 15) is 9.18 Å². The number of hydrogen-bond acceptors (Lipinski definition) is 5. The highest BCUT2D eigenvalue weighted by molar-refractivity contribution is 5.94. The Kier molecular flexibility index (Phi) is 4.52. The number of nitrogens with two attached hydrogens (primary N) is 1. The lowest BCUT2D eigenvalue weighted by Gasteiger charge is -2.33. The number of hydrogen-bond donors (Lipinski definition) is 1. The van der Waals surface area contributed by atoms with E-state index in [0.717, 1.165) is 11.1 Å². The predicted molar refractivity (Wildman–Crippen MR) is 101 cm³/mol.